The Labute approximate surface area is 147 Å². The summed E-state index contributed by atoms with van der Waals surface area (Å²) in [4.78, 5) is 13.7. The summed E-state index contributed by atoms with van der Waals surface area (Å²) in [5.74, 6) is -0.0990. The zero-order chi connectivity index (χ0) is 16.2. The second kappa shape index (κ2) is 7.43. The predicted octanol–water partition coefficient (Wildman–Crippen LogP) is 3.86. The molecule has 1 atom stereocenters. The van der Waals surface area contributed by atoms with Crippen molar-refractivity contribution in [1.82, 2.24) is 10.2 Å². The van der Waals surface area contributed by atoms with Crippen LogP contribution >= 0.6 is 34.4 Å². The number of hydrogen-bond acceptors (Lipinski definition) is 7. The molecule has 1 aliphatic carbocycles. The summed E-state index contributed by atoms with van der Waals surface area (Å²) in [6, 6.07) is 2.29. The molecule has 3 rings (SSSR count). The first-order chi connectivity index (χ1) is 11.2. The normalized spacial score (nSPS) is 15.3. The molecule has 1 N–H and O–H groups in total. The summed E-state index contributed by atoms with van der Waals surface area (Å²) >= 11 is 4.37. The van der Waals surface area contributed by atoms with Crippen molar-refractivity contribution < 1.29 is 4.79 Å². The molecule has 1 aliphatic rings. The summed E-state index contributed by atoms with van der Waals surface area (Å²) in [6.45, 7) is 1.84. The third kappa shape index (κ3) is 3.74. The monoisotopic (exact) mass is 364 g/mol. The lowest BCUT2D eigenvalue weighted by Crippen LogP contribution is -2.22. The van der Waals surface area contributed by atoms with E-state index < -0.39 is 0 Å². The molecule has 0 unspecified atom stereocenters. The number of aryl methyl sites for hydroxylation is 1. The van der Waals surface area contributed by atoms with Gasteiger partial charge in [0.2, 0.25) is 5.91 Å². The Morgan fingerprint density at radius 3 is 3.00 bits per heavy atom. The Hall–Kier alpha value is -1.43. The number of nitriles is 1. The first kappa shape index (κ1) is 16.4. The number of rotatable bonds is 4. The molecule has 0 saturated carbocycles. The quantitative estimate of drug-likeness (QED) is 0.658. The lowest BCUT2D eigenvalue weighted by molar-refractivity contribution is -0.115. The van der Waals surface area contributed by atoms with Gasteiger partial charge in [0.05, 0.1) is 10.8 Å². The van der Waals surface area contributed by atoms with E-state index in [1.165, 1.54) is 34.4 Å². The minimum absolute atomic E-state index is 0.0990. The molecule has 0 radical (unpaired) electrons. The Bertz CT molecular complexity index is 733. The fourth-order valence-electron chi connectivity index (χ4n) is 2.58. The van der Waals surface area contributed by atoms with E-state index in [1.807, 2.05) is 6.92 Å². The second-order valence-corrected chi connectivity index (χ2v) is 8.86. The highest BCUT2D eigenvalue weighted by Gasteiger charge is 2.23. The van der Waals surface area contributed by atoms with Crippen LogP contribution in [0.25, 0.3) is 0 Å². The van der Waals surface area contributed by atoms with Crippen LogP contribution in [0.2, 0.25) is 0 Å². The van der Waals surface area contributed by atoms with Crippen LogP contribution in [0.1, 0.15) is 42.2 Å². The van der Waals surface area contributed by atoms with E-state index in [9.17, 15) is 10.1 Å². The minimum Gasteiger partial charge on any atom is -0.316 e. The van der Waals surface area contributed by atoms with Gasteiger partial charge in [-0.25, -0.2) is 0 Å². The number of amides is 1. The fourth-order valence-corrected chi connectivity index (χ4v) is 5.45. The summed E-state index contributed by atoms with van der Waals surface area (Å²) in [6.07, 6.45) is 5.45. The van der Waals surface area contributed by atoms with Crippen LogP contribution in [0, 0.1) is 11.3 Å². The minimum atomic E-state index is -0.281. The number of aromatic nitrogens is 2. The molecule has 0 spiro atoms. The van der Waals surface area contributed by atoms with Gasteiger partial charge in [-0.3, -0.25) is 4.79 Å². The van der Waals surface area contributed by atoms with E-state index in [-0.39, 0.29) is 11.2 Å². The Balaban J connectivity index is 1.74. The highest BCUT2D eigenvalue weighted by atomic mass is 32.2. The molecular weight excluding hydrogens is 348 g/mol. The number of hydrogen-bond donors (Lipinski definition) is 1. The average Bonchev–Trinajstić information content (AvgIpc) is 3.09. The molecule has 2 aromatic heterocycles. The molecule has 0 bridgehead atoms. The first-order valence-corrected chi connectivity index (χ1v) is 10.0. The summed E-state index contributed by atoms with van der Waals surface area (Å²) in [7, 11) is 0. The van der Waals surface area contributed by atoms with Crippen LogP contribution < -0.4 is 5.32 Å². The zero-order valence-electron chi connectivity index (χ0n) is 12.7. The lowest BCUT2D eigenvalue weighted by Gasteiger charge is -2.09. The number of fused-ring (bicyclic) bond motifs is 1. The van der Waals surface area contributed by atoms with Crippen molar-refractivity contribution in [2.75, 3.05) is 5.32 Å². The fraction of sp³-hybridized carbons (Fsp3) is 0.467. The van der Waals surface area contributed by atoms with E-state index in [4.69, 9.17) is 0 Å². The second-order valence-electron chi connectivity index (χ2n) is 5.33. The van der Waals surface area contributed by atoms with Gasteiger partial charge in [-0.1, -0.05) is 29.5 Å². The van der Waals surface area contributed by atoms with Crippen LogP contribution in [0.15, 0.2) is 9.85 Å². The third-order valence-electron chi connectivity index (χ3n) is 3.76. The van der Waals surface area contributed by atoms with Crippen molar-refractivity contribution >= 4 is 45.3 Å². The maximum absolute atomic E-state index is 12.4. The molecule has 120 valence electrons. The molecule has 0 aromatic carbocycles. The smallest absolute Gasteiger partial charge is 0.238 e. The topological polar surface area (TPSA) is 78.7 Å². The van der Waals surface area contributed by atoms with E-state index in [2.05, 4.69) is 21.6 Å². The molecule has 8 heteroatoms. The van der Waals surface area contributed by atoms with Gasteiger partial charge in [-0.15, -0.1) is 21.5 Å². The van der Waals surface area contributed by atoms with Crippen molar-refractivity contribution in [1.29, 1.82) is 5.26 Å². The van der Waals surface area contributed by atoms with Crippen LogP contribution in [-0.2, 0) is 17.6 Å². The molecular formula is C15H16N4OS3. The average molecular weight is 365 g/mol. The van der Waals surface area contributed by atoms with Crippen molar-refractivity contribution in [3.8, 4) is 6.07 Å². The molecule has 5 nitrogen and oxygen atoms in total. The van der Waals surface area contributed by atoms with Gasteiger partial charge in [0.15, 0.2) is 4.34 Å². The first-order valence-electron chi connectivity index (χ1n) is 7.47. The molecule has 23 heavy (non-hydrogen) atoms. The van der Waals surface area contributed by atoms with Crippen molar-refractivity contribution in [2.45, 2.75) is 48.6 Å². The number of nitrogens with zero attached hydrogens (tertiary/aromatic N) is 3. The highest BCUT2D eigenvalue weighted by Crippen LogP contribution is 2.37. The predicted molar refractivity (Wildman–Crippen MR) is 94.2 cm³/mol. The van der Waals surface area contributed by atoms with E-state index in [0.717, 1.165) is 35.6 Å². The molecule has 0 aliphatic heterocycles. The number of carbonyl (C=O) groups is 1. The van der Waals surface area contributed by atoms with Crippen LogP contribution in [0.4, 0.5) is 5.00 Å². The Morgan fingerprint density at radius 1 is 1.43 bits per heavy atom. The standard InChI is InChI=1S/C15H16N4OS3/c1-9(22-15-19-17-8-21-15)13(20)18-14-11(7-16)10-5-3-2-4-6-12(10)23-14/h8-9H,2-6H2,1H3,(H,18,20)/t9-/m0/s1. The summed E-state index contributed by atoms with van der Waals surface area (Å²) in [5.41, 5.74) is 3.46. The third-order valence-corrected chi connectivity index (χ3v) is 6.88. The lowest BCUT2D eigenvalue weighted by atomic mass is 10.1. The largest absolute Gasteiger partial charge is 0.316 e. The Morgan fingerprint density at radius 2 is 2.26 bits per heavy atom. The van der Waals surface area contributed by atoms with Gasteiger partial charge < -0.3 is 5.32 Å². The van der Waals surface area contributed by atoms with Crippen LogP contribution in [0.5, 0.6) is 0 Å². The van der Waals surface area contributed by atoms with Crippen molar-refractivity contribution in [3.63, 3.8) is 0 Å². The number of anilines is 1. The number of thiophene rings is 1. The number of carbonyl (C=O) groups excluding carboxylic acids is 1. The molecule has 2 aromatic rings. The van der Waals surface area contributed by atoms with Crippen LogP contribution in [-0.4, -0.2) is 21.4 Å². The van der Waals surface area contributed by atoms with Crippen LogP contribution in [0.3, 0.4) is 0 Å². The van der Waals surface area contributed by atoms with Gasteiger partial charge in [-0.2, -0.15) is 5.26 Å². The zero-order valence-corrected chi connectivity index (χ0v) is 15.1. The van der Waals surface area contributed by atoms with Gasteiger partial charge >= 0.3 is 0 Å². The van der Waals surface area contributed by atoms with Gasteiger partial charge in [0.1, 0.15) is 16.6 Å². The maximum Gasteiger partial charge on any atom is 0.238 e. The Kier molecular flexibility index (Phi) is 5.30. The SMILES string of the molecule is C[C@H](Sc1nncs1)C(=O)Nc1sc2c(c1C#N)CCCCC2. The van der Waals surface area contributed by atoms with Crippen molar-refractivity contribution in [3.05, 3.63) is 21.5 Å². The molecule has 0 fully saturated rings. The summed E-state index contributed by atoms with van der Waals surface area (Å²) in [5, 5.41) is 20.6. The summed E-state index contributed by atoms with van der Waals surface area (Å²) < 4.78 is 0.773. The number of thioether (sulfide) groups is 1. The number of nitrogens with one attached hydrogen (secondary N) is 1. The highest BCUT2D eigenvalue weighted by molar-refractivity contribution is 8.02. The van der Waals surface area contributed by atoms with Gasteiger partial charge in [0.25, 0.3) is 0 Å². The maximum atomic E-state index is 12.4. The molecule has 0 saturated heterocycles. The molecule has 2 heterocycles. The van der Waals surface area contributed by atoms with E-state index in [0.29, 0.717) is 10.6 Å². The van der Waals surface area contributed by atoms with Gasteiger partial charge in [-0.05, 0) is 38.2 Å². The van der Waals surface area contributed by atoms with E-state index >= 15 is 0 Å². The van der Waals surface area contributed by atoms with E-state index in [1.54, 1.807) is 16.8 Å². The van der Waals surface area contributed by atoms with Gasteiger partial charge in [0, 0.05) is 4.88 Å². The molecule has 1 amide bonds. The van der Waals surface area contributed by atoms with Crippen molar-refractivity contribution in [2.24, 2.45) is 0 Å².